The van der Waals surface area contributed by atoms with Crippen LogP contribution in [-0.4, -0.2) is 12.1 Å². The fourth-order valence-electron chi connectivity index (χ4n) is 1.19. The monoisotopic (exact) mass is 258 g/mol. The fraction of sp³-hybridized carbons (Fsp3) is 1.00. The largest absolute Gasteiger partial charge is 0.326 e. The maximum absolute atomic E-state index is 5.65. The molecule has 12 heavy (non-hydrogen) atoms. The van der Waals surface area contributed by atoms with Gasteiger partial charge < -0.3 is 11.5 Å². The highest BCUT2D eigenvalue weighted by Crippen LogP contribution is 2.14. The Morgan fingerprint density at radius 2 is 0.917 bits per heavy atom. The summed E-state index contributed by atoms with van der Waals surface area (Å²) in [6.45, 7) is 0. The molecule has 0 aromatic carbocycles. The molecule has 1 fully saturated rings. The molecule has 1 aliphatic rings. The highest BCUT2D eigenvalue weighted by molar-refractivity contribution is 5.86. The molecule has 1 saturated carbocycles. The minimum atomic E-state index is 0. The van der Waals surface area contributed by atoms with Crippen molar-refractivity contribution in [3.8, 4) is 0 Å². The molecule has 0 bridgehead atoms. The van der Waals surface area contributed by atoms with Crippen LogP contribution in [0.15, 0.2) is 0 Å². The molecule has 0 aromatic rings. The number of halogens is 4. The van der Waals surface area contributed by atoms with Gasteiger partial charge in [0.1, 0.15) is 0 Å². The number of nitrogens with two attached hydrogens (primary N) is 2. The normalized spacial score (nSPS) is 26.5. The third-order valence-electron chi connectivity index (χ3n) is 1.87. The summed E-state index contributed by atoms with van der Waals surface area (Å²) in [6, 6.07) is 0.562. The lowest BCUT2D eigenvalue weighted by Crippen LogP contribution is -2.43. The Hall–Kier alpha value is 1.08. The van der Waals surface area contributed by atoms with Crippen LogP contribution in [0.4, 0.5) is 0 Å². The number of rotatable bonds is 0. The second-order valence-corrected chi connectivity index (χ2v) is 2.61. The molecule has 0 aliphatic heterocycles. The summed E-state index contributed by atoms with van der Waals surface area (Å²) in [7, 11) is 0. The fourth-order valence-corrected chi connectivity index (χ4v) is 1.19. The first-order valence-corrected chi connectivity index (χ1v) is 3.32. The van der Waals surface area contributed by atoms with Gasteiger partial charge in [-0.1, -0.05) is 12.8 Å². The Bertz CT molecular complexity index is 73.9. The van der Waals surface area contributed by atoms with E-state index in [0.29, 0.717) is 0 Å². The second kappa shape index (κ2) is 12.1. The summed E-state index contributed by atoms with van der Waals surface area (Å²) >= 11 is 0. The van der Waals surface area contributed by atoms with E-state index in [1.165, 1.54) is 12.8 Å². The predicted molar refractivity (Wildman–Crippen MR) is 63.4 cm³/mol. The summed E-state index contributed by atoms with van der Waals surface area (Å²) < 4.78 is 0. The van der Waals surface area contributed by atoms with E-state index in [0.717, 1.165) is 12.8 Å². The van der Waals surface area contributed by atoms with Crippen LogP contribution in [0.5, 0.6) is 0 Å². The van der Waals surface area contributed by atoms with Gasteiger partial charge in [-0.2, -0.15) is 0 Å². The van der Waals surface area contributed by atoms with E-state index in [9.17, 15) is 0 Å². The van der Waals surface area contributed by atoms with Gasteiger partial charge in [-0.15, -0.1) is 49.6 Å². The van der Waals surface area contributed by atoms with Crippen LogP contribution in [0.1, 0.15) is 25.7 Å². The van der Waals surface area contributed by atoms with Crippen LogP contribution < -0.4 is 11.5 Å². The first-order chi connectivity index (χ1) is 3.80. The van der Waals surface area contributed by atoms with Crippen LogP contribution >= 0.6 is 49.6 Å². The molecule has 0 spiro atoms. The SMILES string of the molecule is Cl.Cl.Cl.Cl.N[C@@H]1CCCC[C@H]1N. The van der Waals surface area contributed by atoms with E-state index in [4.69, 9.17) is 11.5 Å². The molecule has 2 atom stereocenters. The number of hydrogen-bond acceptors (Lipinski definition) is 2. The van der Waals surface area contributed by atoms with Crippen LogP contribution in [0.3, 0.4) is 0 Å². The second-order valence-electron chi connectivity index (χ2n) is 2.61. The predicted octanol–water partition coefficient (Wildman–Crippen LogP) is 1.90. The smallest absolute Gasteiger partial charge is 0.0192 e. The highest BCUT2D eigenvalue weighted by atomic mass is 35.5. The topological polar surface area (TPSA) is 52.0 Å². The van der Waals surface area contributed by atoms with Crippen molar-refractivity contribution in [3.63, 3.8) is 0 Å². The van der Waals surface area contributed by atoms with Gasteiger partial charge in [-0.25, -0.2) is 0 Å². The number of hydrogen-bond donors (Lipinski definition) is 2. The third kappa shape index (κ3) is 7.71. The zero-order valence-corrected chi connectivity index (χ0v) is 10.0. The molecule has 4 N–H and O–H groups in total. The van der Waals surface area contributed by atoms with Crippen LogP contribution in [0, 0.1) is 0 Å². The molecule has 0 unspecified atom stereocenters. The van der Waals surface area contributed by atoms with Gasteiger partial charge >= 0.3 is 0 Å². The van der Waals surface area contributed by atoms with Crippen molar-refractivity contribution in [2.75, 3.05) is 0 Å². The first-order valence-electron chi connectivity index (χ1n) is 3.32. The molecule has 0 aromatic heterocycles. The van der Waals surface area contributed by atoms with Crippen LogP contribution in [0.25, 0.3) is 0 Å². The molecule has 1 rings (SSSR count). The summed E-state index contributed by atoms with van der Waals surface area (Å²) in [6.07, 6.45) is 4.80. The van der Waals surface area contributed by atoms with Gasteiger partial charge in [-0.05, 0) is 12.8 Å². The lowest BCUT2D eigenvalue weighted by Gasteiger charge is -2.24. The van der Waals surface area contributed by atoms with Crippen molar-refractivity contribution in [1.29, 1.82) is 0 Å². The van der Waals surface area contributed by atoms with Crippen molar-refractivity contribution in [2.24, 2.45) is 11.5 Å². The zero-order chi connectivity index (χ0) is 5.98. The lowest BCUT2D eigenvalue weighted by atomic mass is 9.92. The van der Waals surface area contributed by atoms with E-state index >= 15 is 0 Å². The quantitative estimate of drug-likeness (QED) is 0.698. The molecular weight excluding hydrogens is 242 g/mol. The van der Waals surface area contributed by atoms with Gasteiger partial charge in [-0.3, -0.25) is 0 Å². The Balaban J connectivity index is -0.0000000800. The molecule has 80 valence electrons. The van der Waals surface area contributed by atoms with E-state index in [1.54, 1.807) is 0 Å². The minimum absolute atomic E-state index is 0. The highest BCUT2D eigenvalue weighted by Gasteiger charge is 2.16. The average molecular weight is 260 g/mol. The van der Waals surface area contributed by atoms with E-state index in [2.05, 4.69) is 0 Å². The van der Waals surface area contributed by atoms with Crippen molar-refractivity contribution >= 4 is 49.6 Å². The van der Waals surface area contributed by atoms with Crippen molar-refractivity contribution in [3.05, 3.63) is 0 Å². The van der Waals surface area contributed by atoms with Crippen molar-refractivity contribution < 1.29 is 0 Å². The molecule has 1 aliphatic carbocycles. The molecule has 0 saturated heterocycles. The Morgan fingerprint density at radius 1 is 0.667 bits per heavy atom. The van der Waals surface area contributed by atoms with E-state index < -0.39 is 0 Å². The zero-order valence-electron chi connectivity index (χ0n) is 6.77. The standard InChI is InChI=1S/C6H14N2.4ClH/c7-5-3-1-2-4-6(5)8;;;;/h5-6H,1-4,7-8H2;4*1H/t5-,6-;;;;/m1..../s1. The van der Waals surface area contributed by atoms with Crippen LogP contribution in [0.2, 0.25) is 0 Å². The molecular formula is C6H18Cl4N2. The third-order valence-corrected chi connectivity index (χ3v) is 1.87. The summed E-state index contributed by atoms with van der Waals surface area (Å²) in [5, 5.41) is 0. The average Bonchev–Trinajstić information content (AvgIpc) is 1.77. The van der Waals surface area contributed by atoms with E-state index in [1.807, 2.05) is 0 Å². The Labute approximate surface area is 98.9 Å². The molecule has 2 nitrogen and oxygen atoms in total. The van der Waals surface area contributed by atoms with Crippen molar-refractivity contribution in [1.82, 2.24) is 0 Å². The maximum Gasteiger partial charge on any atom is 0.0192 e. The maximum atomic E-state index is 5.65. The molecule has 6 heteroatoms. The van der Waals surface area contributed by atoms with Gasteiger partial charge in [0, 0.05) is 12.1 Å². The Morgan fingerprint density at radius 3 is 1.08 bits per heavy atom. The van der Waals surface area contributed by atoms with Crippen molar-refractivity contribution in [2.45, 2.75) is 37.8 Å². The Kier molecular flexibility index (Phi) is 23.3. The lowest BCUT2D eigenvalue weighted by molar-refractivity contribution is 0.385. The van der Waals surface area contributed by atoms with E-state index in [-0.39, 0.29) is 61.7 Å². The van der Waals surface area contributed by atoms with Crippen LogP contribution in [-0.2, 0) is 0 Å². The molecule has 0 amide bonds. The molecule has 0 radical (unpaired) electrons. The summed E-state index contributed by atoms with van der Waals surface area (Å²) in [5.74, 6) is 0. The molecule has 0 heterocycles. The summed E-state index contributed by atoms with van der Waals surface area (Å²) in [5.41, 5.74) is 11.3. The van der Waals surface area contributed by atoms with Gasteiger partial charge in [0.25, 0.3) is 0 Å². The van der Waals surface area contributed by atoms with Gasteiger partial charge in [0.15, 0.2) is 0 Å². The van der Waals surface area contributed by atoms with Gasteiger partial charge in [0.2, 0.25) is 0 Å². The minimum Gasteiger partial charge on any atom is -0.326 e. The summed E-state index contributed by atoms with van der Waals surface area (Å²) in [4.78, 5) is 0. The van der Waals surface area contributed by atoms with Gasteiger partial charge in [0.05, 0.1) is 0 Å². The first kappa shape index (κ1) is 23.2.